The van der Waals surface area contributed by atoms with Crippen molar-refractivity contribution in [1.29, 1.82) is 5.41 Å². The van der Waals surface area contributed by atoms with Gasteiger partial charge in [0.2, 0.25) is 0 Å². The SMILES string of the molecule is [CH2]C(O)C=N. The van der Waals surface area contributed by atoms with Crippen LogP contribution >= 0.6 is 0 Å². The standard InChI is InChI=1S/C3H6NO/c1-3(5)2-4/h2-5H,1H2. The Bertz CT molecular complexity index is 33.9. The molecule has 1 unspecified atom stereocenters. The lowest BCUT2D eigenvalue weighted by Gasteiger charge is -1.82. The van der Waals surface area contributed by atoms with Crippen molar-refractivity contribution in [2.45, 2.75) is 6.10 Å². The van der Waals surface area contributed by atoms with E-state index in [1.54, 1.807) is 0 Å². The van der Waals surface area contributed by atoms with E-state index in [1.165, 1.54) is 0 Å². The molecule has 0 aliphatic heterocycles. The number of hydrogen-bond acceptors (Lipinski definition) is 2. The van der Waals surface area contributed by atoms with Gasteiger partial charge in [-0.15, -0.1) is 0 Å². The van der Waals surface area contributed by atoms with Gasteiger partial charge in [-0.2, -0.15) is 0 Å². The lowest BCUT2D eigenvalue weighted by atomic mass is 10.5. The Labute approximate surface area is 30.9 Å². The van der Waals surface area contributed by atoms with E-state index < -0.39 is 6.10 Å². The molecule has 0 aromatic heterocycles. The van der Waals surface area contributed by atoms with Crippen LogP contribution in [0.5, 0.6) is 0 Å². The highest BCUT2D eigenvalue weighted by molar-refractivity contribution is 5.59. The molecular weight excluding hydrogens is 66.0 g/mol. The van der Waals surface area contributed by atoms with Crippen LogP contribution in [0.2, 0.25) is 0 Å². The fourth-order valence-electron chi connectivity index (χ4n) is 0. The summed E-state index contributed by atoms with van der Waals surface area (Å²) in [5, 5.41) is 14.2. The summed E-state index contributed by atoms with van der Waals surface area (Å²) in [5.41, 5.74) is 0. The number of nitrogens with one attached hydrogen (secondary N) is 1. The predicted octanol–water partition coefficient (Wildman–Crippen LogP) is -0.169. The second-order valence-electron chi connectivity index (χ2n) is 0.734. The highest BCUT2D eigenvalue weighted by atomic mass is 16.3. The third kappa shape index (κ3) is 3.63. The maximum absolute atomic E-state index is 8.01. The predicted molar refractivity (Wildman–Crippen MR) is 20.1 cm³/mol. The number of hydrogen-bond donors (Lipinski definition) is 2. The summed E-state index contributed by atoms with van der Waals surface area (Å²) >= 11 is 0. The summed E-state index contributed by atoms with van der Waals surface area (Å²) in [6.07, 6.45) is 0.0370. The van der Waals surface area contributed by atoms with Gasteiger partial charge in [0.25, 0.3) is 0 Å². The minimum absolute atomic E-state index is 0.824. The first-order chi connectivity index (χ1) is 2.27. The number of rotatable bonds is 1. The second-order valence-corrected chi connectivity index (χ2v) is 0.734. The van der Waals surface area contributed by atoms with Gasteiger partial charge in [0, 0.05) is 6.21 Å². The van der Waals surface area contributed by atoms with Crippen LogP contribution < -0.4 is 0 Å². The van der Waals surface area contributed by atoms with Crippen molar-refractivity contribution >= 4 is 6.21 Å². The molecule has 0 aromatic carbocycles. The van der Waals surface area contributed by atoms with Gasteiger partial charge in [-0.05, 0) is 6.92 Å². The molecule has 0 aliphatic carbocycles. The average molecular weight is 72.1 g/mol. The molecule has 0 bridgehead atoms. The molecule has 0 spiro atoms. The Morgan fingerprint density at radius 3 is 2.20 bits per heavy atom. The molecule has 0 amide bonds. The Balaban J connectivity index is 2.83. The normalized spacial score (nSPS) is 14.0. The lowest BCUT2D eigenvalue weighted by Crippen LogP contribution is -1.97. The van der Waals surface area contributed by atoms with E-state index >= 15 is 0 Å². The molecule has 0 heterocycles. The molecule has 1 atom stereocenters. The van der Waals surface area contributed by atoms with Crippen LogP contribution in [-0.2, 0) is 0 Å². The van der Waals surface area contributed by atoms with Crippen LogP contribution in [0.25, 0.3) is 0 Å². The van der Waals surface area contributed by atoms with Crippen molar-refractivity contribution < 1.29 is 5.11 Å². The summed E-state index contributed by atoms with van der Waals surface area (Å²) < 4.78 is 0. The number of aliphatic hydroxyl groups excluding tert-OH is 1. The van der Waals surface area contributed by atoms with E-state index in [0.717, 1.165) is 6.21 Å². The Hall–Kier alpha value is -0.370. The van der Waals surface area contributed by atoms with Crippen molar-refractivity contribution in [2.75, 3.05) is 0 Å². The quantitative estimate of drug-likeness (QED) is 0.415. The van der Waals surface area contributed by atoms with Gasteiger partial charge in [-0.3, -0.25) is 0 Å². The maximum atomic E-state index is 8.01. The lowest BCUT2D eigenvalue weighted by molar-refractivity contribution is 0.291. The topological polar surface area (TPSA) is 44.1 Å². The van der Waals surface area contributed by atoms with E-state index in [1.807, 2.05) is 0 Å². The van der Waals surface area contributed by atoms with Gasteiger partial charge >= 0.3 is 0 Å². The molecule has 0 rings (SSSR count). The van der Waals surface area contributed by atoms with E-state index in [9.17, 15) is 0 Å². The Kier molecular flexibility index (Phi) is 1.76. The summed E-state index contributed by atoms with van der Waals surface area (Å²) in [6.45, 7) is 3.07. The molecule has 5 heavy (non-hydrogen) atoms. The molecular formula is C3H6NO. The molecule has 2 heteroatoms. The summed E-state index contributed by atoms with van der Waals surface area (Å²) in [4.78, 5) is 0. The molecule has 2 N–H and O–H groups in total. The minimum atomic E-state index is -0.824. The summed E-state index contributed by atoms with van der Waals surface area (Å²) in [6, 6.07) is 0. The van der Waals surface area contributed by atoms with Crippen molar-refractivity contribution in [2.24, 2.45) is 0 Å². The van der Waals surface area contributed by atoms with Crippen LogP contribution in [0.15, 0.2) is 0 Å². The summed E-state index contributed by atoms with van der Waals surface area (Å²) in [7, 11) is 0. The van der Waals surface area contributed by atoms with Gasteiger partial charge in [0.1, 0.15) is 0 Å². The van der Waals surface area contributed by atoms with Crippen LogP contribution in [-0.4, -0.2) is 17.4 Å². The first-order valence-corrected chi connectivity index (χ1v) is 1.29. The molecule has 0 fully saturated rings. The smallest absolute Gasteiger partial charge is 0.0885 e. The fourth-order valence-corrected chi connectivity index (χ4v) is 0. The molecule has 0 saturated heterocycles. The van der Waals surface area contributed by atoms with Crippen LogP contribution in [0.3, 0.4) is 0 Å². The Morgan fingerprint density at radius 2 is 2.20 bits per heavy atom. The van der Waals surface area contributed by atoms with Crippen LogP contribution in [0.4, 0.5) is 0 Å². The zero-order valence-corrected chi connectivity index (χ0v) is 2.81. The monoisotopic (exact) mass is 72.0 g/mol. The molecule has 29 valence electrons. The zero-order chi connectivity index (χ0) is 4.28. The second kappa shape index (κ2) is 1.91. The molecule has 0 aromatic rings. The van der Waals surface area contributed by atoms with E-state index in [0.29, 0.717) is 0 Å². The van der Waals surface area contributed by atoms with Gasteiger partial charge in [0.15, 0.2) is 0 Å². The third-order valence-corrected chi connectivity index (χ3v) is 0.192. The largest absolute Gasteiger partial charge is 0.387 e. The molecule has 1 radical (unpaired) electrons. The first kappa shape index (κ1) is 4.63. The van der Waals surface area contributed by atoms with Crippen molar-refractivity contribution in [3.8, 4) is 0 Å². The summed E-state index contributed by atoms with van der Waals surface area (Å²) in [5.74, 6) is 0. The fraction of sp³-hybridized carbons (Fsp3) is 0.333. The maximum Gasteiger partial charge on any atom is 0.0885 e. The highest BCUT2D eigenvalue weighted by Crippen LogP contribution is 1.61. The van der Waals surface area contributed by atoms with E-state index in [-0.39, 0.29) is 0 Å². The van der Waals surface area contributed by atoms with Crippen molar-refractivity contribution in [3.63, 3.8) is 0 Å². The van der Waals surface area contributed by atoms with Crippen molar-refractivity contribution in [3.05, 3.63) is 6.92 Å². The number of aliphatic hydroxyl groups is 1. The van der Waals surface area contributed by atoms with E-state index in [4.69, 9.17) is 10.5 Å². The van der Waals surface area contributed by atoms with E-state index in [2.05, 4.69) is 6.92 Å². The minimum Gasteiger partial charge on any atom is -0.387 e. The third-order valence-electron chi connectivity index (χ3n) is 0.192. The van der Waals surface area contributed by atoms with Crippen LogP contribution in [0, 0.1) is 12.3 Å². The van der Waals surface area contributed by atoms with Crippen molar-refractivity contribution in [1.82, 2.24) is 0 Å². The molecule has 0 aliphatic rings. The molecule has 0 saturated carbocycles. The average Bonchev–Trinajstić information content (AvgIpc) is 1.38. The van der Waals surface area contributed by atoms with Gasteiger partial charge < -0.3 is 10.5 Å². The highest BCUT2D eigenvalue weighted by Gasteiger charge is 1.77. The Morgan fingerprint density at radius 1 is 2.00 bits per heavy atom. The first-order valence-electron chi connectivity index (χ1n) is 1.29. The zero-order valence-electron chi connectivity index (χ0n) is 2.81. The van der Waals surface area contributed by atoms with Crippen LogP contribution in [0.1, 0.15) is 0 Å². The molecule has 2 nitrogen and oxygen atoms in total. The van der Waals surface area contributed by atoms with Gasteiger partial charge in [-0.25, -0.2) is 0 Å². The van der Waals surface area contributed by atoms with Gasteiger partial charge in [0.05, 0.1) is 6.10 Å². The van der Waals surface area contributed by atoms with Gasteiger partial charge in [-0.1, -0.05) is 0 Å².